The summed E-state index contributed by atoms with van der Waals surface area (Å²) in [5.41, 5.74) is 1.17. The van der Waals surface area contributed by atoms with E-state index < -0.39 is 13.8 Å². The Morgan fingerprint density at radius 1 is 1.26 bits per heavy atom. The van der Waals surface area contributed by atoms with E-state index in [-0.39, 0.29) is 0 Å². The van der Waals surface area contributed by atoms with Crippen LogP contribution in [0, 0.1) is 5.92 Å². The summed E-state index contributed by atoms with van der Waals surface area (Å²) >= 11 is -1.97. The molecule has 0 heterocycles. The van der Waals surface area contributed by atoms with Crippen molar-refractivity contribution < 1.29 is 3.83 Å². The summed E-state index contributed by atoms with van der Waals surface area (Å²) in [5.74, 6) is 0.307. The van der Waals surface area contributed by atoms with Crippen LogP contribution >= 0.6 is 0 Å². The SMILES string of the molecule is CC(C1C=CC=C1[Se](=O)Cc1ccccc1)N(C)C. The van der Waals surface area contributed by atoms with Gasteiger partial charge in [0.1, 0.15) is 0 Å². The van der Waals surface area contributed by atoms with Crippen molar-refractivity contribution in [2.45, 2.75) is 18.3 Å². The van der Waals surface area contributed by atoms with E-state index in [2.05, 4.69) is 56.3 Å². The number of hydrogen-bond donors (Lipinski definition) is 0. The van der Waals surface area contributed by atoms with Gasteiger partial charge in [0.2, 0.25) is 0 Å². The number of rotatable bonds is 5. The second kappa shape index (κ2) is 6.42. The molecule has 2 rings (SSSR count). The first-order valence-corrected chi connectivity index (χ1v) is 9.33. The van der Waals surface area contributed by atoms with Crippen molar-refractivity contribution in [2.24, 2.45) is 5.92 Å². The molecule has 0 amide bonds. The number of hydrogen-bond acceptors (Lipinski definition) is 2. The van der Waals surface area contributed by atoms with E-state index in [9.17, 15) is 3.83 Å². The third kappa shape index (κ3) is 3.50. The fourth-order valence-electron chi connectivity index (χ4n) is 2.23. The first kappa shape index (κ1) is 14.4. The third-order valence-corrected chi connectivity index (χ3v) is 6.85. The predicted octanol–water partition coefficient (Wildman–Crippen LogP) is 2.79. The van der Waals surface area contributed by atoms with Crippen molar-refractivity contribution in [3.8, 4) is 0 Å². The van der Waals surface area contributed by atoms with E-state index in [0.29, 0.717) is 17.3 Å². The van der Waals surface area contributed by atoms with Crippen molar-refractivity contribution in [2.75, 3.05) is 14.1 Å². The molecule has 3 heteroatoms. The van der Waals surface area contributed by atoms with Crippen LogP contribution in [0.1, 0.15) is 12.5 Å². The molecule has 0 fully saturated rings. The zero-order chi connectivity index (χ0) is 13.8. The Labute approximate surface area is 119 Å². The van der Waals surface area contributed by atoms with Crippen LogP contribution in [0.5, 0.6) is 0 Å². The molecule has 1 aromatic carbocycles. The van der Waals surface area contributed by atoms with Crippen molar-refractivity contribution in [3.63, 3.8) is 0 Å². The summed E-state index contributed by atoms with van der Waals surface area (Å²) in [6, 6.07) is 10.5. The normalized spacial score (nSPS) is 21.5. The van der Waals surface area contributed by atoms with Crippen LogP contribution in [0.2, 0.25) is 0 Å². The molecule has 0 bridgehead atoms. The molecular formula is C16H21NOSe. The first-order chi connectivity index (χ1) is 9.09. The monoisotopic (exact) mass is 323 g/mol. The van der Waals surface area contributed by atoms with Gasteiger partial charge in [-0.25, -0.2) is 0 Å². The van der Waals surface area contributed by atoms with E-state index in [0.717, 1.165) is 4.47 Å². The van der Waals surface area contributed by atoms with Crippen LogP contribution in [0.4, 0.5) is 0 Å². The molecular weight excluding hydrogens is 301 g/mol. The number of benzene rings is 1. The fraction of sp³-hybridized carbons (Fsp3) is 0.375. The Balaban J connectivity index is 2.07. The molecule has 0 spiro atoms. The van der Waals surface area contributed by atoms with Crippen molar-refractivity contribution in [1.82, 2.24) is 4.90 Å². The number of nitrogens with zero attached hydrogens (tertiary/aromatic N) is 1. The van der Waals surface area contributed by atoms with Gasteiger partial charge in [-0.05, 0) is 0 Å². The van der Waals surface area contributed by atoms with Gasteiger partial charge in [-0.3, -0.25) is 0 Å². The second-order valence-corrected chi connectivity index (χ2v) is 8.20. The Kier molecular flexibility index (Phi) is 4.87. The van der Waals surface area contributed by atoms with Crippen LogP contribution in [0.25, 0.3) is 0 Å². The van der Waals surface area contributed by atoms with Gasteiger partial charge in [-0.15, -0.1) is 0 Å². The van der Waals surface area contributed by atoms with Gasteiger partial charge in [-0.1, -0.05) is 0 Å². The van der Waals surface area contributed by atoms with Gasteiger partial charge in [0.15, 0.2) is 0 Å². The van der Waals surface area contributed by atoms with Crippen molar-refractivity contribution >= 4 is 13.8 Å². The maximum atomic E-state index is 12.6. The maximum absolute atomic E-state index is 12.6. The Morgan fingerprint density at radius 3 is 2.58 bits per heavy atom. The van der Waals surface area contributed by atoms with E-state index in [1.807, 2.05) is 18.2 Å². The predicted molar refractivity (Wildman–Crippen MR) is 80.4 cm³/mol. The summed E-state index contributed by atoms with van der Waals surface area (Å²) < 4.78 is 13.8. The van der Waals surface area contributed by atoms with Gasteiger partial charge in [-0.2, -0.15) is 0 Å². The van der Waals surface area contributed by atoms with Crippen LogP contribution in [0.15, 0.2) is 53.0 Å². The Morgan fingerprint density at radius 2 is 1.95 bits per heavy atom. The molecule has 1 aromatic rings. The fourth-order valence-corrected chi connectivity index (χ4v) is 5.32. The Hall–Kier alpha value is -1.02. The van der Waals surface area contributed by atoms with Crippen molar-refractivity contribution in [1.29, 1.82) is 0 Å². The molecule has 3 atom stereocenters. The molecule has 1 aliphatic rings. The van der Waals surface area contributed by atoms with Crippen molar-refractivity contribution in [3.05, 3.63) is 58.6 Å². The zero-order valence-electron chi connectivity index (χ0n) is 11.7. The van der Waals surface area contributed by atoms with Gasteiger partial charge < -0.3 is 0 Å². The van der Waals surface area contributed by atoms with Gasteiger partial charge in [0, 0.05) is 0 Å². The molecule has 102 valence electrons. The van der Waals surface area contributed by atoms with E-state index >= 15 is 0 Å². The van der Waals surface area contributed by atoms with E-state index in [1.165, 1.54) is 5.56 Å². The standard InChI is InChI=1S/C16H21NOSe/c1-13(17(2)3)15-10-7-11-16(15)19(18)12-14-8-5-4-6-9-14/h4-11,13,15H,12H2,1-3H3. The van der Waals surface area contributed by atoms with Gasteiger partial charge in [0.25, 0.3) is 0 Å². The topological polar surface area (TPSA) is 20.3 Å². The molecule has 0 radical (unpaired) electrons. The molecule has 0 aromatic heterocycles. The summed E-state index contributed by atoms with van der Waals surface area (Å²) in [7, 11) is 4.15. The van der Waals surface area contributed by atoms with E-state index in [4.69, 9.17) is 0 Å². The average Bonchev–Trinajstić information content (AvgIpc) is 2.88. The van der Waals surface area contributed by atoms with Gasteiger partial charge >= 0.3 is 119 Å². The minimum absolute atomic E-state index is 0.307. The van der Waals surface area contributed by atoms with E-state index in [1.54, 1.807) is 0 Å². The summed E-state index contributed by atoms with van der Waals surface area (Å²) in [5, 5.41) is 0.699. The molecule has 1 aliphatic carbocycles. The molecule has 0 aliphatic heterocycles. The Bertz CT molecular complexity index is 505. The first-order valence-electron chi connectivity index (χ1n) is 6.56. The molecule has 0 saturated carbocycles. The molecule has 0 N–H and O–H groups in total. The molecule has 3 unspecified atom stereocenters. The summed E-state index contributed by atoms with van der Waals surface area (Å²) in [4.78, 5) is 2.19. The summed E-state index contributed by atoms with van der Waals surface area (Å²) in [6.07, 6.45) is 6.30. The average molecular weight is 322 g/mol. The summed E-state index contributed by atoms with van der Waals surface area (Å²) in [6.45, 7) is 2.19. The van der Waals surface area contributed by atoms with Crippen LogP contribution in [-0.4, -0.2) is 38.9 Å². The zero-order valence-corrected chi connectivity index (χ0v) is 13.5. The molecule has 2 nitrogen and oxygen atoms in total. The van der Waals surface area contributed by atoms with Crippen LogP contribution in [-0.2, 0) is 9.15 Å². The quantitative estimate of drug-likeness (QED) is 0.777. The minimum atomic E-state index is -1.97. The molecule has 0 saturated heterocycles. The second-order valence-electron chi connectivity index (χ2n) is 5.16. The molecule has 19 heavy (non-hydrogen) atoms. The van der Waals surface area contributed by atoms with Gasteiger partial charge in [0.05, 0.1) is 0 Å². The van der Waals surface area contributed by atoms with Crippen LogP contribution < -0.4 is 0 Å². The van der Waals surface area contributed by atoms with Crippen LogP contribution in [0.3, 0.4) is 0 Å². The number of allylic oxidation sites excluding steroid dienone is 2. The third-order valence-electron chi connectivity index (χ3n) is 3.65.